The first-order valence-electron chi connectivity index (χ1n) is 7.16. The summed E-state index contributed by atoms with van der Waals surface area (Å²) in [5, 5.41) is 3.70. The number of aromatic nitrogens is 1. The van der Waals surface area contributed by atoms with Crippen molar-refractivity contribution in [2.75, 3.05) is 31.1 Å². The summed E-state index contributed by atoms with van der Waals surface area (Å²) in [7, 11) is 0. The van der Waals surface area contributed by atoms with E-state index < -0.39 is 0 Å². The van der Waals surface area contributed by atoms with E-state index in [9.17, 15) is 0 Å². The van der Waals surface area contributed by atoms with Gasteiger partial charge in [0.05, 0.1) is 6.54 Å². The molecular formula is C15H19ClIN5S. The van der Waals surface area contributed by atoms with E-state index in [0.717, 1.165) is 36.2 Å². The zero-order chi connectivity index (χ0) is 15.4. The van der Waals surface area contributed by atoms with Gasteiger partial charge in [0.1, 0.15) is 5.01 Å². The van der Waals surface area contributed by atoms with Gasteiger partial charge in [0.25, 0.3) is 0 Å². The van der Waals surface area contributed by atoms with Crippen molar-refractivity contribution < 1.29 is 0 Å². The number of anilines is 1. The summed E-state index contributed by atoms with van der Waals surface area (Å²) >= 11 is 7.53. The molecule has 0 saturated carbocycles. The summed E-state index contributed by atoms with van der Waals surface area (Å²) in [6.45, 7) is 4.15. The molecule has 8 heteroatoms. The topological polar surface area (TPSA) is 57.8 Å². The first-order chi connectivity index (χ1) is 10.7. The standard InChI is InChI=1S/C15H18ClN5S.HI/c16-12-1-3-13(4-2-12)20-6-8-21(9-7-20)15(17)19-11-14-18-5-10-22-14;/h1-5,10H,6-9,11H2,(H2,17,19);1H. The van der Waals surface area contributed by atoms with Crippen LogP contribution in [-0.2, 0) is 6.54 Å². The third-order valence-corrected chi connectivity index (χ3v) is 4.67. The van der Waals surface area contributed by atoms with E-state index in [1.54, 1.807) is 17.5 Å². The average Bonchev–Trinajstić information content (AvgIpc) is 3.07. The zero-order valence-electron chi connectivity index (χ0n) is 12.6. The SMILES string of the molecule is I.NC(=NCc1nccs1)N1CCN(c2ccc(Cl)cc2)CC1. The maximum Gasteiger partial charge on any atom is 0.191 e. The van der Waals surface area contributed by atoms with Crippen LogP contribution in [0.4, 0.5) is 5.69 Å². The van der Waals surface area contributed by atoms with Gasteiger partial charge in [-0.2, -0.15) is 0 Å². The van der Waals surface area contributed by atoms with Crippen LogP contribution in [0.25, 0.3) is 0 Å². The van der Waals surface area contributed by atoms with Crippen molar-refractivity contribution >= 4 is 58.6 Å². The summed E-state index contributed by atoms with van der Waals surface area (Å²) in [5.74, 6) is 0.603. The molecule has 0 unspecified atom stereocenters. The van der Waals surface area contributed by atoms with Crippen LogP contribution in [0.3, 0.4) is 0 Å². The molecule has 1 aliphatic rings. The molecule has 5 nitrogen and oxygen atoms in total. The Kier molecular flexibility index (Phi) is 6.91. The van der Waals surface area contributed by atoms with Gasteiger partial charge in [-0.15, -0.1) is 35.3 Å². The molecule has 0 aliphatic carbocycles. The largest absolute Gasteiger partial charge is 0.370 e. The summed E-state index contributed by atoms with van der Waals surface area (Å²) < 4.78 is 0. The molecule has 1 fully saturated rings. The van der Waals surface area contributed by atoms with Gasteiger partial charge >= 0.3 is 0 Å². The minimum absolute atomic E-state index is 0. The fourth-order valence-electron chi connectivity index (χ4n) is 2.43. The van der Waals surface area contributed by atoms with Gasteiger partial charge in [-0.3, -0.25) is 0 Å². The predicted molar refractivity (Wildman–Crippen MR) is 108 cm³/mol. The molecule has 1 aromatic carbocycles. The minimum Gasteiger partial charge on any atom is -0.370 e. The zero-order valence-corrected chi connectivity index (χ0v) is 16.5. The van der Waals surface area contributed by atoms with Crippen molar-refractivity contribution in [2.45, 2.75) is 6.54 Å². The molecule has 0 atom stereocenters. The highest BCUT2D eigenvalue weighted by Crippen LogP contribution is 2.19. The molecule has 0 spiro atoms. The van der Waals surface area contributed by atoms with E-state index in [1.807, 2.05) is 17.5 Å². The Hall–Kier alpha value is -1.06. The van der Waals surface area contributed by atoms with Crippen LogP contribution in [0, 0.1) is 0 Å². The highest BCUT2D eigenvalue weighted by atomic mass is 127. The lowest BCUT2D eigenvalue weighted by Crippen LogP contribution is -2.51. The van der Waals surface area contributed by atoms with Crippen LogP contribution < -0.4 is 10.6 Å². The number of thiazole rings is 1. The van der Waals surface area contributed by atoms with Gasteiger partial charge in [0.15, 0.2) is 5.96 Å². The Labute approximate surface area is 162 Å². The number of nitrogens with zero attached hydrogens (tertiary/aromatic N) is 4. The maximum atomic E-state index is 6.09. The molecule has 0 radical (unpaired) electrons. The number of aliphatic imine (C=N–C) groups is 1. The van der Waals surface area contributed by atoms with Crippen LogP contribution in [0.15, 0.2) is 40.8 Å². The predicted octanol–water partition coefficient (Wildman–Crippen LogP) is 3.05. The molecule has 2 N–H and O–H groups in total. The Morgan fingerprint density at radius 2 is 1.91 bits per heavy atom. The lowest BCUT2D eigenvalue weighted by atomic mass is 10.2. The number of hydrogen-bond donors (Lipinski definition) is 1. The van der Waals surface area contributed by atoms with Gasteiger partial charge in [0.2, 0.25) is 0 Å². The normalized spacial score (nSPS) is 15.4. The minimum atomic E-state index is 0. The quantitative estimate of drug-likeness (QED) is 0.432. The van der Waals surface area contributed by atoms with Crippen molar-refractivity contribution in [3.8, 4) is 0 Å². The number of guanidine groups is 1. The van der Waals surface area contributed by atoms with Gasteiger partial charge in [0, 0.05) is 48.5 Å². The van der Waals surface area contributed by atoms with E-state index >= 15 is 0 Å². The Morgan fingerprint density at radius 3 is 2.52 bits per heavy atom. The first kappa shape index (κ1) is 18.3. The van der Waals surface area contributed by atoms with E-state index in [2.05, 4.69) is 31.9 Å². The Bertz CT molecular complexity index is 624. The fraction of sp³-hybridized carbons (Fsp3) is 0.333. The Morgan fingerprint density at radius 1 is 1.22 bits per heavy atom. The molecule has 3 rings (SSSR count). The Balaban J connectivity index is 0.00000192. The highest BCUT2D eigenvalue weighted by molar-refractivity contribution is 14.0. The summed E-state index contributed by atoms with van der Waals surface area (Å²) in [5.41, 5.74) is 7.28. The van der Waals surface area contributed by atoms with Crippen molar-refractivity contribution in [1.82, 2.24) is 9.88 Å². The van der Waals surface area contributed by atoms with Crippen LogP contribution in [0.2, 0.25) is 5.02 Å². The second-order valence-electron chi connectivity index (χ2n) is 5.05. The third-order valence-electron chi connectivity index (χ3n) is 3.66. The molecule has 0 amide bonds. The van der Waals surface area contributed by atoms with Crippen LogP contribution in [0.1, 0.15) is 5.01 Å². The van der Waals surface area contributed by atoms with Crippen molar-refractivity contribution in [3.05, 3.63) is 45.9 Å². The molecule has 23 heavy (non-hydrogen) atoms. The number of nitrogens with two attached hydrogens (primary N) is 1. The molecular weight excluding hydrogens is 445 g/mol. The lowest BCUT2D eigenvalue weighted by molar-refractivity contribution is 0.380. The van der Waals surface area contributed by atoms with E-state index in [0.29, 0.717) is 12.5 Å². The van der Waals surface area contributed by atoms with Gasteiger partial charge < -0.3 is 15.5 Å². The summed E-state index contributed by atoms with van der Waals surface area (Å²) in [6.07, 6.45) is 1.79. The second-order valence-corrected chi connectivity index (χ2v) is 6.47. The number of rotatable bonds is 3. The molecule has 1 aliphatic heterocycles. The second kappa shape index (κ2) is 8.70. The van der Waals surface area contributed by atoms with Gasteiger partial charge in [-0.1, -0.05) is 11.6 Å². The van der Waals surface area contributed by atoms with Crippen molar-refractivity contribution in [1.29, 1.82) is 0 Å². The molecule has 1 aromatic heterocycles. The molecule has 0 bridgehead atoms. The van der Waals surface area contributed by atoms with E-state index in [-0.39, 0.29) is 24.0 Å². The summed E-state index contributed by atoms with van der Waals surface area (Å²) in [4.78, 5) is 13.1. The molecule has 124 valence electrons. The lowest BCUT2D eigenvalue weighted by Gasteiger charge is -2.36. The molecule has 1 saturated heterocycles. The fourth-order valence-corrected chi connectivity index (χ4v) is 3.09. The number of benzene rings is 1. The average molecular weight is 464 g/mol. The maximum absolute atomic E-state index is 6.09. The number of hydrogen-bond acceptors (Lipinski definition) is 4. The van der Waals surface area contributed by atoms with Crippen LogP contribution >= 0.6 is 46.9 Å². The monoisotopic (exact) mass is 463 g/mol. The summed E-state index contributed by atoms with van der Waals surface area (Å²) in [6, 6.07) is 7.95. The van der Waals surface area contributed by atoms with Gasteiger partial charge in [-0.25, -0.2) is 9.98 Å². The molecule has 2 heterocycles. The molecule has 2 aromatic rings. The van der Waals surface area contributed by atoms with E-state index in [4.69, 9.17) is 17.3 Å². The van der Waals surface area contributed by atoms with E-state index in [1.165, 1.54) is 5.69 Å². The smallest absolute Gasteiger partial charge is 0.191 e. The van der Waals surface area contributed by atoms with Crippen LogP contribution in [-0.4, -0.2) is 42.0 Å². The first-order valence-corrected chi connectivity index (χ1v) is 8.42. The third kappa shape index (κ3) is 4.95. The van der Waals surface area contributed by atoms with Crippen LogP contribution in [0.5, 0.6) is 0 Å². The number of piperazine rings is 1. The van der Waals surface area contributed by atoms with Crippen molar-refractivity contribution in [3.63, 3.8) is 0 Å². The number of halogens is 2. The highest BCUT2D eigenvalue weighted by Gasteiger charge is 2.18. The van der Waals surface area contributed by atoms with Gasteiger partial charge in [-0.05, 0) is 24.3 Å². The van der Waals surface area contributed by atoms with Crippen molar-refractivity contribution in [2.24, 2.45) is 10.7 Å².